The summed E-state index contributed by atoms with van der Waals surface area (Å²) < 4.78 is 5.60. The van der Waals surface area contributed by atoms with Gasteiger partial charge in [-0.15, -0.1) is 11.8 Å². The summed E-state index contributed by atoms with van der Waals surface area (Å²) >= 11 is 0. The summed E-state index contributed by atoms with van der Waals surface area (Å²) in [6, 6.07) is 0. The number of hydrogen-bond donors (Lipinski definition) is 2. The first-order valence-corrected chi connectivity index (χ1v) is 11.5. The van der Waals surface area contributed by atoms with Crippen LogP contribution in [-0.4, -0.2) is 59.5 Å². The van der Waals surface area contributed by atoms with Crippen molar-refractivity contribution >= 4 is 5.91 Å². The lowest BCUT2D eigenvalue weighted by molar-refractivity contribution is -0.134. The van der Waals surface area contributed by atoms with Gasteiger partial charge in [0, 0.05) is 25.4 Å². The molecule has 3 rings (SSSR count). The third-order valence-corrected chi connectivity index (χ3v) is 7.00. The molecule has 0 aromatic carbocycles. The van der Waals surface area contributed by atoms with Crippen molar-refractivity contribution in [1.29, 1.82) is 0 Å². The van der Waals surface area contributed by atoms with Crippen molar-refractivity contribution in [3.05, 3.63) is 23.8 Å². The van der Waals surface area contributed by atoms with Gasteiger partial charge in [0.2, 0.25) is 5.91 Å². The quantitative estimate of drug-likeness (QED) is 0.363. The van der Waals surface area contributed by atoms with Gasteiger partial charge in [0.1, 0.15) is 6.61 Å². The third kappa shape index (κ3) is 5.97. The van der Waals surface area contributed by atoms with E-state index >= 15 is 0 Å². The zero-order valence-corrected chi connectivity index (χ0v) is 18.4. The minimum atomic E-state index is -0.532. The second-order valence-corrected chi connectivity index (χ2v) is 9.16. The van der Waals surface area contributed by atoms with E-state index in [1.54, 1.807) is 0 Å². The highest BCUT2D eigenvalue weighted by atomic mass is 16.5. The largest absolute Gasteiger partial charge is 0.392 e. The van der Waals surface area contributed by atoms with Crippen LogP contribution in [0.3, 0.4) is 0 Å². The highest BCUT2D eigenvalue weighted by Crippen LogP contribution is 2.50. The number of amides is 1. The van der Waals surface area contributed by atoms with Crippen LogP contribution in [0.5, 0.6) is 0 Å². The van der Waals surface area contributed by atoms with Gasteiger partial charge in [-0.2, -0.15) is 0 Å². The fraction of sp³-hybridized carbons (Fsp3) is 0.720. The summed E-state index contributed by atoms with van der Waals surface area (Å²) in [6.07, 6.45) is 10.8. The number of aliphatic hydroxyl groups is 2. The molecule has 1 aliphatic heterocycles. The zero-order valence-electron chi connectivity index (χ0n) is 18.4. The molecule has 0 aromatic rings. The van der Waals surface area contributed by atoms with E-state index in [2.05, 4.69) is 17.9 Å². The van der Waals surface area contributed by atoms with E-state index < -0.39 is 6.10 Å². The van der Waals surface area contributed by atoms with Gasteiger partial charge in [-0.05, 0) is 56.8 Å². The SMILES string of the molecule is CC#CC[C@H](C)[C@H](O)C=C[C@@H]1[C@H]2CC(=CCOCC(=O)N3CCCC3)C[C@H]2C[C@H]1O. The molecular weight excluding hydrogens is 378 g/mol. The van der Waals surface area contributed by atoms with Crippen molar-refractivity contribution in [2.45, 2.75) is 64.6 Å². The van der Waals surface area contributed by atoms with Crippen LogP contribution in [0.25, 0.3) is 0 Å². The Bertz CT molecular complexity index is 698. The molecule has 1 saturated heterocycles. The van der Waals surface area contributed by atoms with Crippen molar-refractivity contribution in [3.8, 4) is 11.8 Å². The van der Waals surface area contributed by atoms with Crippen molar-refractivity contribution in [1.82, 2.24) is 4.90 Å². The standard InChI is InChI=1S/C25H37NO4/c1-3-4-7-18(2)23(27)9-8-21-22-15-19(14-20(22)16-24(21)28)10-13-30-17-25(29)26-11-5-6-12-26/h8-10,18,20-24,27-28H,5-7,11-17H2,1-2H3/t18-,20-,21+,22-,23+,24+/m0/s1. The second kappa shape index (κ2) is 11.1. The number of aliphatic hydroxyl groups excluding tert-OH is 2. The second-order valence-electron chi connectivity index (χ2n) is 9.16. The minimum absolute atomic E-state index is 0.0856. The van der Waals surface area contributed by atoms with Crippen molar-refractivity contribution in [2.75, 3.05) is 26.3 Å². The van der Waals surface area contributed by atoms with Crippen LogP contribution in [0.4, 0.5) is 0 Å². The first kappa shape index (κ1) is 23.1. The number of ether oxygens (including phenoxy) is 1. The van der Waals surface area contributed by atoms with E-state index in [0.717, 1.165) is 45.2 Å². The number of likely N-dealkylation sites (tertiary alicyclic amines) is 1. The normalized spacial score (nSPS) is 31.7. The molecule has 1 heterocycles. The lowest BCUT2D eigenvalue weighted by atomic mass is 9.89. The summed E-state index contributed by atoms with van der Waals surface area (Å²) in [5.41, 5.74) is 1.37. The number of allylic oxidation sites excluding steroid dienone is 1. The molecule has 0 unspecified atom stereocenters. The van der Waals surface area contributed by atoms with Crippen LogP contribution >= 0.6 is 0 Å². The molecule has 1 amide bonds. The Morgan fingerprint density at radius 1 is 1.33 bits per heavy atom. The fourth-order valence-electron chi connectivity index (χ4n) is 5.14. The number of carbonyl (C=O) groups excluding carboxylic acids is 1. The van der Waals surface area contributed by atoms with Crippen molar-refractivity contribution < 1.29 is 19.7 Å². The maximum absolute atomic E-state index is 12.0. The first-order chi connectivity index (χ1) is 14.5. The van der Waals surface area contributed by atoms with E-state index in [1.165, 1.54) is 5.57 Å². The summed E-state index contributed by atoms with van der Waals surface area (Å²) in [6.45, 7) is 6.18. The minimum Gasteiger partial charge on any atom is -0.392 e. The monoisotopic (exact) mass is 415 g/mol. The first-order valence-electron chi connectivity index (χ1n) is 11.5. The van der Waals surface area contributed by atoms with Gasteiger partial charge in [-0.3, -0.25) is 4.79 Å². The third-order valence-electron chi connectivity index (χ3n) is 7.00. The van der Waals surface area contributed by atoms with Gasteiger partial charge in [0.25, 0.3) is 0 Å². The molecular formula is C25H37NO4. The molecule has 30 heavy (non-hydrogen) atoms. The molecule has 5 nitrogen and oxygen atoms in total. The average molecular weight is 416 g/mol. The average Bonchev–Trinajstić information content (AvgIpc) is 3.44. The number of nitrogens with zero attached hydrogens (tertiary/aromatic N) is 1. The number of rotatable bonds is 8. The van der Waals surface area contributed by atoms with Crippen LogP contribution in [0.2, 0.25) is 0 Å². The summed E-state index contributed by atoms with van der Waals surface area (Å²) in [5, 5.41) is 20.9. The number of fused-ring (bicyclic) bond motifs is 1. The van der Waals surface area contributed by atoms with Crippen molar-refractivity contribution in [2.24, 2.45) is 23.7 Å². The Hall–Kier alpha value is -1.61. The predicted molar refractivity (Wildman–Crippen MR) is 117 cm³/mol. The molecule has 166 valence electrons. The van der Waals surface area contributed by atoms with Gasteiger partial charge >= 0.3 is 0 Å². The van der Waals surface area contributed by atoms with Crippen LogP contribution in [-0.2, 0) is 9.53 Å². The highest BCUT2D eigenvalue weighted by molar-refractivity contribution is 5.77. The van der Waals surface area contributed by atoms with E-state index in [4.69, 9.17) is 4.74 Å². The lowest BCUT2D eigenvalue weighted by Gasteiger charge is -2.19. The molecule has 0 radical (unpaired) electrons. The number of carbonyl (C=O) groups is 1. The predicted octanol–water partition coefficient (Wildman–Crippen LogP) is 2.93. The Morgan fingerprint density at radius 3 is 2.83 bits per heavy atom. The smallest absolute Gasteiger partial charge is 0.248 e. The molecule has 5 heteroatoms. The molecule has 0 spiro atoms. The summed E-state index contributed by atoms with van der Waals surface area (Å²) in [7, 11) is 0. The molecule has 2 aliphatic carbocycles. The highest BCUT2D eigenvalue weighted by Gasteiger charge is 2.45. The lowest BCUT2D eigenvalue weighted by Crippen LogP contribution is -2.31. The van der Waals surface area contributed by atoms with Gasteiger partial charge < -0.3 is 19.8 Å². The molecule has 2 saturated carbocycles. The Balaban J connectivity index is 1.46. The van der Waals surface area contributed by atoms with Gasteiger partial charge in [0.15, 0.2) is 0 Å². The van der Waals surface area contributed by atoms with Crippen LogP contribution < -0.4 is 0 Å². The Morgan fingerprint density at radius 2 is 2.10 bits per heavy atom. The topological polar surface area (TPSA) is 70.0 Å². The van der Waals surface area contributed by atoms with Gasteiger partial charge in [-0.25, -0.2) is 0 Å². The molecule has 3 aliphatic rings. The molecule has 0 aromatic heterocycles. The fourth-order valence-corrected chi connectivity index (χ4v) is 5.14. The van der Waals surface area contributed by atoms with E-state index in [0.29, 0.717) is 24.9 Å². The number of hydrogen-bond acceptors (Lipinski definition) is 4. The molecule has 0 bridgehead atoms. The van der Waals surface area contributed by atoms with Gasteiger partial charge in [-0.1, -0.05) is 30.7 Å². The zero-order chi connectivity index (χ0) is 21.5. The van der Waals surface area contributed by atoms with Crippen LogP contribution in [0.1, 0.15) is 52.4 Å². The maximum Gasteiger partial charge on any atom is 0.248 e. The summed E-state index contributed by atoms with van der Waals surface area (Å²) in [4.78, 5) is 13.9. The maximum atomic E-state index is 12.0. The van der Waals surface area contributed by atoms with E-state index in [1.807, 2.05) is 30.9 Å². The molecule has 3 fully saturated rings. The van der Waals surface area contributed by atoms with Crippen molar-refractivity contribution in [3.63, 3.8) is 0 Å². The molecule has 6 atom stereocenters. The Labute approximate surface area is 181 Å². The van der Waals surface area contributed by atoms with E-state index in [-0.39, 0.29) is 30.5 Å². The van der Waals surface area contributed by atoms with E-state index in [9.17, 15) is 15.0 Å². The van der Waals surface area contributed by atoms with Crippen LogP contribution in [0.15, 0.2) is 23.8 Å². The van der Waals surface area contributed by atoms with Crippen LogP contribution in [0, 0.1) is 35.5 Å². The Kier molecular flexibility index (Phi) is 8.56. The molecule has 2 N–H and O–H groups in total. The van der Waals surface area contributed by atoms with Gasteiger partial charge in [0.05, 0.1) is 18.8 Å². The summed E-state index contributed by atoms with van der Waals surface area (Å²) in [5.74, 6) is 7.08.